The highest BCUT2D eigenvalue weighted by molar-refractivity contribution is 5.94. The number of carbonyl (C=O) groups excluding carboxylic acids is 1. The van der Waals surface area contributed by atoms with Crippen molar-refractivity contribution in [3.05, 3.63) is 35.6 Å². The van der Waals surface area contributed by atoms with Crippen LogP contribution in [0.5, 0.6) is 0 Å². The monoisotopic (exact) mass is 180 g/mol. The number of nitrogens with one attached hydrogen (secondary N) is 1. The van der Waals surface area contributed by atoms with E-state index in [4.69, 9.17) is 0 Å². The highest BCUT2D eigenvalue weighted by Crippen LogP contribution is 2.01. The van der Waals surface area contributed by atoms with E-state index in [9.17, 15) is 9.18 Å². The van der Waals surface area contributed by atoms with Crippen LogP contribution in [0.1, 0.15) is 24.2 Å². The molecule has 0 aliphatic heterocycles. The van der Waals surface area contributed by atoms with Gasteiger partial charge in [-0.3, -0.25) is 4.79 Å². The van der Waals surface area contributed by atoms with E-state index >= 15 is 0 Å². The predicted octanol–water partition coefficient (Wildman–Crippen LogP) is 1.76. The van der Waals surface area contributed by atoms with Gasteiger partial charge in [0.2, 0.25) is 0 Å². The van der Waals surface area contributed by atoms with Crippen molar-refractivity contribution in [1.82, 2.24) is 5.32 Å². The molecule has 0 spiro atoms. The normalized spacial score (nSPS) is 10.2. The summed E-state index contributed by atoms with van der Waals surface area (Å²) in [7, 11) is 0. The highest BCUT2D eigenvalue weighted by Gasteiger charge is 2.05. The molecule has 0 unspecified atom stereocenters. The number of hydrogen-bond donors (Lipinski definition) is 1. The minimum Gasteiger partial charge on any atom is -0.350 e. The van der Waals surface area contributed by atoms with Gasteiger partial charge in [0.25, 0.3) is 5.91 Å². The van der Waals surface area contributed by atoms with Crippen molar-refractivity contribution in [2.24, 2.45) is 0 Å². The van der Waals surface area contributed by atoms with Crippen LogP contribution < -0.4 is 5.32 Å². The maximum absolute atomic E-state index is 12.4. The molecular formula is C10H11FNO. The fourth-order valence-corrected chi connectivity index (χ4v) is 0.893. The lowest BCUT2D eigenvalue weighted by Crippen LogP contribution is -2.29. The van der Waals surface area contributed by atoms with Crippen LogP contribution in [0.15, 0.2) is 18.2 Å². The van der Waals surface area contributed by atoms with Crippen molar-refractivity contribution in [3.63, 3.8) is 0 Å². The van der Waals surface area contributed by atoms with Gasteiger partial charge in [0.1, 0.15) is 5.82 Å². The number of benzene rings is 1. The lowest BCUT2D eigenvalue weighted by molar-refractivity contribution is 0.0943. The van der Waals surface area contributed by atoms with Gasteiger partial charge in [0.15, 0.2) is 0 Å². The number of amides is 1. The molecule has 13 heavy (non-hydrogen) atoms. The Balaban J connectivity index is 2.72. The van der Waals surface area contributed by atoms with E-state index in [0.717, 1.165) is 0 Å². The molecule has 1 amide bonds. The van der Waals surface area contributed by atoms with Gasteiger partial charge in [-0.05, 0) is 32.0 Å². The van der Waals surface area contributed by atoms with E-state index in [2.05, 4.69) is 11.4 Å². The molecule has 0 atom stereocenters. The fraction of sp³-hybridized carbons (Fsp3) is 0.300. The smallest absolute Gasteiger partial charge is 0.251 e. The molecule has 0 saturated heterocycles. The zero-order chi connectivity index (χ0) is 9.84. The summed E-state index contributed by atoms with van der Waals surface area (Å²) in [5.74, 6) is -0.660. The molecule has 0 bridgehead atoms. The van der Waals surface area contributed by atoms with Crippen molar-refractivity contribution >= 4 is 5.91 Å². The Morgan fingerprint density at radius 2 is 2.23 bits per heavy atom. The molecule has 0 aromatic heterocycles. The Kier molecular flexibility index (Phi) is 3.01. The van der Waals surface area contributed by atoms with Gasteiger partial charge in [-0.2, -0.15) is 0 Å². The predicted molar refractivity (Wildman–Crippen MR) is 47.8 cm³/mol. The van der Waals surface area contributed by atoms with Crippen LogP contribution in [-0.2, 0) is 0 Å². The number of halogens is 1. The van der Waals surface area contributed by atoms with Crippen molar-refractivity contribution in [2.75, 3.05) is 0 Å². The lowest BCUT2D eigenvalue weighted by Gasteiger charge is -2.07. The van der Waals surface area contributed by atoms with E-state index in [-0.39, 0.29) is 11.9 Å². The molecule has 2 nitrogen and oxygen atoms in total. The SMILES string of the molecule is CC(C)NC(=O)c1c[c]c(F)cc1. The van der Waals surface area contributed by atoms with Crippen LogP contribution >= 0.6 is 0 Å². The molecule has 0 heterocycles. The van der Waals surface area contributed by atoms with Gasteiger partial charge in [-0.15, -0.1) is 0 Å². The van der Waals surface area contributed by atoms with Crippen LogP contribution in [0.3, 0.4) is 0 Å². The third-order valence-corrected chi connectivity index (χ3v) is 1.46. The zero-order valence-corrected chi connectivity index (χ0v) is 7.60. The Morgan fingerprint density at radius 1 is 1.54 bits per heavy atom. The van der Waals surface area contributed by atoms with Gasteiger partial charge in [0, 0.05) is 17.7 Å². The molecule has 1 aromatic carbocycles. The van der Waals surface area contributed by atoms with E-state index in [1.54, 1.807) is 0 Å². The minimum atomic E-state index is -0.457. The molecule has 69 valence electrons. The molecule has 0 fully saturated rings. The molecule has 1 aromatic rings. The average molecular weight is 180 g/mol. The molecular weight excluding hydrogens is 169 g/mol. The third kappa shape index (κ3) is 2.86. The number of carbonyl (C=O) groups is 1. The Bertz CT molecular complexity index is 292. The standard InChI is InChI=1S/C10H11FNO/c1-7(2)12-10(13)8-3-5-9(11)6-4-8/h3-5,7H,1-2H3,(H,12,13). The Hall–Kier alpha value is -1.38. The molecule has 1 N–H and O–H groups in total. The fourth-order valence-electron chi connectivity index (χ4n) is 0.893. The molecule has 1 radical (unpaired) electrons. The summed E-state index contributed by atoms with van der Waals surface area (Å²) >= 11 is 0. The van der Waals surface area contributed by atoms with Crippen LogP contribution in [-0.4, -0.2) is 11.9 Å². The third-order valence-electron chi connectivity index (χ3n) is 1.46. The van der Waals surface area contributed by atoms with E-state index in [1.165, 1.54) is 18.2 Å². The van der Waals surface area contributed by atoms with Gasteiger partial charge >= 0.3 is 0 Å². The van der Waals surface area contributed by atoms with Gasteiger partial charge < -0.3 is 5.32 Å². The van der Waals surface area contributed by atoms with Crippen molar-refractivity contribution in [3.8, 4) is 0 Å². The van der Waals surface area contributed by atoms with Gasteiger partial charge in [-0.25, -0.2) is 4.39 Å². The Morgan fingerprint density at radius 3 is 2.69 bits per heavy atom. The van der Waals surface area contributed by atoms with Gasteiger partial charge in [-0.1, -0.05) is 0 Å². The molecule has 0 aliphatic carbocycles. The summed E-state index contributed by atoms with van der Waals surface area (Å²) in [5, 5.41) is 2.70. The molecule has 1 rings (SSSR count). The second kappa shape index (κ2) is 4.03. The van der Waals surface area contributed by atoms with Crippen molar-refractivity contribution < 1.29 is 9.18 Å². The van der Waals surface area contributed by atoms with E-state index < -0.39 is 5.82 Å². The first-order chi connectivity index (χ1) is 6.09. The van der Waals surface area contributed by atoms with E-state index in [0.29, 0.717) is 5.56 Å². The largest absolute Gasteiger partial charge is 0.350 e. The van der Waals surface area contributed by atoms with Crippen LogP contribution in [0.2, 0.25) is 0 Å². The molecule has 3 heteroatoms. The lowest BCUT2D eigenvalue weighted by atomic mass is 10.2. The maximum Gasteiger partial charge on any atom is 0.251 e. The first kappa shape index (κ1) is 9.71. The summed E-state index contributed by atoms with van der Waals surface area (Å²) in [6, 6.07) is 6.40. The second-order valence-electron chi connectivity index (χ2n) is 3.05. The van der Waals surface area contributed by atoms with Crippen molar-refractivity contribution in [1.29, 1.82) is 0 Å². The van der Waals surface area contributed by atoms with Gasteiger partial charge in [0.05, 0.1) is 0 Å². The summed E-state index contributed by atoms with van der Waals surface area (Å²) in [4.78, 5) is 11.3. The zero-order valence-electron chi connectivity index (χ0n) is 7.60. The topological polar surface area (TPSA) is 29.1 Å². The first-order valence-electron chi connectivity index (χ1n) is 4.07. The van der Waals surface area contributed by atoms with Crippen LogP contribution in [0, 0.1) is 11.9 Å². The quantitative estimate of drug-likeness (QED) is 0.738. The van der Waals surface area contributed by atoms with Crippen molar-refractivity contribution in [2.45, 2.75) is 19.9 Å². The summed E-state index contributed by atoms with van der Waals surface area (Å²) in [5.41, 5.74) is 0.426. The summed E-state index contributed by atoms with van der Waals surface area (Å²) in [6.07, 6.45) is 0. The van der Waals surface area contributed by atoms with Crippen LogP contribution in [0.4, 0.5) is 4.39 Å². The molecule has 0 aliphatic rings. The van der Waals surface area contributed by atoms with Crippen LogP contribution in [0.25, 0.3) is 0 Å². The highest BCUT2D eigenvalue weighted by atomic mass is 19.1. The molecule has 0 saturated carbocycles. The summed E-state index contributed by atoms with van der Waals surface area (Å²) in [6.45, 7) is 3.73. The average Bonchev–Trinajstić information content (AvgIpc) is 2.04. The summed E-state index contributed by atoms with van der Waals surface area (Å²) < 4.78 is 12.4. The Labute approximate surface area is 76.8 Å². The number of hydrogen-bond acceptors (Lipinski definition) is 1. The number of rotatable bonds is 2. The first-order valence-corrected chi connectivity index (χ1v) is 4.07. The maximum atomic E-state index is 12.4. The van der Waals surface area contributed by atoms with E-state index in [1.807, 2.05) is 13.8 Å². The second-order valence-corrected chi connectivity index (χ2v) is 3.05. The minimum absolute atomic E-state index is 0.0811.